The molecule has 3 N–H and O–H groups in total. The Morgan fingerprint density at radius 1 is 0.925 bits per heavy atom. The molecule has 1 fully saturated rings. The molecule has 0 aliphatic carbocycles. The lowest BCUT2D eigenvalue weighted by Crippen LogP contribution is -2.41. The maximum absolute atomic E-state index is 13.8. The molecular weight excluding hydrogens is 511 g/mol. The average Bonchev–Trinajstić information content (AvgIpc) is 3.52. The van der Waals surface area contributed by atoms with Gasteiger partial charge in [0, 0.05) is 28.7 Å². The molecule has 4 aromatic rings. The zero-order valence-corrected chi connectivity index (χ0v) is 21.9. The van der Waals surface area contributed by atoms with Crippen LogP contribution in [0.1, 0.15) is 46.3 Å². The molecule has 0 atom stereocenters. The Kier molecular flexibility index (Phi) is 6.81. The smallest absolute Gasteiger partial charge is 0.335 e. The molecule has 0 unspecified atom stereocenters. The number of carboxylic acid groups (broad SMARTS) is 1. The first-order valence-corrected chi connectivity index (χ1v) is 13.5. The van der Waals surface area contributed by atoms with Crippen LogP contribution >= 0.6 is 0 Å². The molecule has 0 spiro atoms. The van der Waals surface area contributed by atoms with E-state index in [9.17, 15) is 24.2 Å². The monoisotopic (exact) mass is 540 g/mol. The molecule has 3 heterocycles. The van der Waals surface area contributed by atoms with Crippen molar-refractivity contribution < 1.29 is 24.2 Å². The molecule has 1 amide bonds. The Balaban J connectivity index is 1.37. The second-order valence-corrected chi connectivity index (χ2v) is 10.3. The predicted octanol–water partition coefficient (Wildman–Crippen LogP) is 5.25. The highest BCUT2D eigenvalue weighted by molar-refractivity contribution is 6.22. The fraction of sp³-hybridized carbons (Fsp3) is 0.258. The van der Waals surface area contributed by atoms with Crippen LogP contribution in [0.15, 0.2) is 65.7 Å². The summed E-state index contributed by atoms with van der Waals surface area (Å²) in [7, 11) is 0. The van der Waals surface area contributed by atoms with E-state index in [0.717, 1.165) is 37.2 Å². The molecule has 6 rings (SSSR count). The first-order chi connectivity index (χ1) is 19.4. The number of rotatable bonds is 6. The van der Waals surface area contributed by atoms with E-state index in [1.807, 2.05) is 23.1 Å². The molecule has 0 saturated carbocycles. The lowest BCUT2D eigenvalue weighted by Gasteiger charge is -2.28. The lowest BCUT2D eigenvalue weighted by molar-refractivity contribution is -0.119. The highest BCUT2D eigenvalue weighted by atomic mass is 19.1. The summed E-state index contributed by atoms with van der Waals surface area (Å²) in [6, 6.07) is 16.1. The van der Waals surface area contributed by atoms with Crippen molar-refractivity contribution in [2.45, 2.75) is 25.7 Å². The van der Waals surface area contributed by atoms with Crippen LogP contribution < -0.4 is 4.90 Å². The number of amides is 1. The van der Waals surface area contributed by atoms with E-state index in [0.29, 0.717) is 52.9 Å². The zero-order chi connectivity index (χ0) is 27.8. The first-order valence-electron chi connectivity index (χ1n) is 13.5. The normalized spacial score (nSPS) is 15.9. The molecule has 2 aliphatic heterocycles. The largest absolute Gasteiger partial charge is 0.494 e. The summed E-state index contributed by atoms with van der Waals surface area (Å²) in [4.78, 5) is 36.4. The van der Waals surface area contributed by atoms with Crippen LogP contribution in [0.4, 0.5) is 15.8 Å². The molecule has 40 heavy (non-hydrogen) atoms. The van der Waals surface area contributed by atoms with Gasteiger partial charge in [-0.1, -0.05) is 12.5 Å². The van der Waals surface area contributed by atoms with Crippen molar-refractivity contribution in [2.24, 2.45) is 4.99 Å². The summed E-state index contributed by atoms with van der Waals surface area (Å²) in [6.07, 6.45) is 4.20. The zero-order valence-electron chi connectivity index (χ0n) is 21.9. The minimum absolute atomic E-state index is 0.0820. The van der Waals surface area contributed by atoms with E-state index in [-0.39, 0.29) is 17.4 Å². The van der Waals surface area contributed by atoms with Gasteiger partial charge in [-0.2, -0.15) is 0 Å². The summed E-state index contributed by atoms with van der Waals surface area (Å²) in [5, 5.41) is 20.9. The number of aromatic nitrogens is 1. The molecule has 3 aromatic carbocycles. The topological polar surface area (TPSA) is 109 Å². The number of carbonyl (C=O) groups excluding carboxylic acids is 1. The van der Waals surface area contributed by atoms with Gasteiger partial charge in [-0.15, -0.1) is 0 Å². The second kappa shape index (κ2) is 10.6. The van der Waals surface area contributed by atoms with Crippen molar-refractivity contribution in [3.63, 3.8) is 0 Å². The first kappa shape index (κ1) is 25.8. The van der Waals surface area contributed by atoms with Crippen molar-refractivity contribution >= 4 is 39.9 Å². The number of halogens is 1. The van der Waals surface area contributed by atoms with Gasteiger partial charge in [-0.3, -0.25) is 9.69 Å². The maximum Gasteiger partial charge on any atom is 0.335 e. The molecule has 1 saturated heterocycles. The van der Waals surface area contributed by atoms with Crippen molar-refractivity contribution in [3.8, 4) is 5.88 Å². The number of aliphatic imine (C=N–C) groups is 1. The molecule has 1 aromatic heterocycles. The number of hydrogen-bond acceptors (Lipinski definition) is 5. The van der Waals surface area contributed by atoms with E-state index in [1.54, 1.807) is 18.2 Å². The number of benzene rings is 3. The number of carboxylic acids is 1. The Bertz CT molecular complexity index is 1640. The summed E-state index contributed by atoms with van der Waals surface area (Å²) < 4.78 is 13.8. The van der Waals surface area contributed by atoms with Gasteiger partial charge in [-0.05, 0) is 92.5 Å². The summed E-state index contributed by atoms with van der Waals surface area (Å²) in [5.74, 6) is -1.54. The van der Waals surface area contributed by atoms with Crippen LogP contribution in [0.2, 0.25) is 0 Å². The van der Waals surface area contributed by atoms with Gasteiger partial charge in [0.05, 0.1) is 29.1 Å². The number of piperidine rings is 1. The lowest BCUT2D eigenvalue weighted by atomic mass is 10.00. The van der Waals surface area contributed by atoms with E-state index in [2.05, 4.69) is 9.88 Å². The van der Waals surface area contributed by atoms with Crippen LogP contribution in [0.5, 0.6) is 5.88 Å². The predicted molar refractivity (Wildman–Crippen MR) is 151 cm³/mol. The highest BCUT2D eigenvalue weighted by Gasteiger charge is 2.27. The Labute approximate surface area is 230 Å². The Morgan fingerprint density at radius 3 is 2.42 bits per heavy atom. The van der Waals surface area contributed by atoms with Gasteiger partial charge >= 0.3 is 5.97 Å². The number of fused-ring (bicyclic) bond motifs is 2. The van der Waals surface area contributed by atoms with Gasteiger partial charge in [-0.25, -0.2) is 14.2 Å². The van der Waals surface area contributed by atoms with E-state index >= 15 is 0 Å². The maximum atomic E-state index is 13.8. The molecule has 204 valence electrons. The third kappa shape index (κ3) is 4.96. The van der Waals surface area contributed by atoms with Crippen molar-refractivity contribution in [1.82, 2.24) is 9.88 Å². The number of nitrogens with one attached hydrogen (secondary N) is 1. The fourth-order valence-electron chi connectivity index (χ4n) is 5.67. The molecule has 0 radical (unpaired) electrons. The minimum Gasteiger partial charge on any atom is -0.494 e. The molecule has 0 bridgehead atoms. The number of aromatic carboxylic acids is 1. The van der Waals surface area contributed by atoms with Gasteiger partial charge in [0.1, 0.15) is 5.82 Å². The Hall–Kier alpha value is -4.50. The summed E-state index contributed by atoms with van der Waals surface area (Å²) >= 11 is 0. The molecule has 9 heteroatoms. The van der Waals surface area contributed by atoms with Crippen LogP contribution in [-0.4, -0.2) is 63.9 Å². The third-order valence-corrected chi connectivity index (χ3v) is 7.69. The van der Waals surface area contributed by atoms with Gasteiger partial charge in [0.25, 0.3) is 0 Å². The SMILES string of the molecule is O=C(O)c1ccc2c(C(=Nc3ccc4c(c3)CCN4C(=O)CN3CCCCC3)c3ccc(F)cc3)c(O)[nH]c2c1. The number of aromatic hydroxyl groups is 1. The summed E-state index contributed by atoms with van der Waals surface area (Å²) in [6.45, 7) is 2.97. The molecular formula is C31H29FN4O4. The molecule has 8 nitrogen and oxygen atoms in total. The Morgan fingerprint density at radius 2 is 1.68 bits per heavy atom. The van der Waals surface area contributed by atoms with E-state index in [4.69, 9.17) is 4.99 Å². The number of aromatic amines is 1. The average molecular weight is 541 g/mol. The van der Waals surface area contributed by atoms with Gasteiger partial charge < -0.3 is 20.1 Å². The van der Waals surface area contributed by atoms with Crippen LogP contribution in [-0.2, 0) is 11.2 Å². The number of likely N-dealkylation sites (tertiary alicyclic amines) is 1. The van der Waals surface area contributed by atoms with Gasteiger partial charge in [0.2, 0.25) is 5.91 Å². The van der Waals surface area contributed by atoms with Crippen LogP contribution in [0, 0.1) is 5.82 Å². The van der Waals surface area contributed by atoms with Crippen molar-refractivity contribution in [3.05, 3.63) is 88.7 Å². The number of nitrogens with zero attached hydrogens (tertiary/aromatic N) is 3. The van der Waals surface area contributed by atoms with Crippen LogP contribution in [0.3, 0.4) is 0 Å². The quantitative estimate of drug-likeness (QED) is 0.289. The number of H-pyrrole nitrogens is 1. The van der Waals surface area contributed by atoms with E-state index in [1.165, 1.54) is 30.7 Å². The van der Waals surface area contributed by atoms with Gasteiger partial charge in [0.15, 0.2) is 5.88 Å². The number of hydrogen-bond donors (Lipinski definition) is 3. The number of anilines is 1. The minimum atomic E-state index is -1.08. The summed E-state index contributed by atoms with van der Waals surface area (Å²) in [5.41, 5.74) is 4.43. The number of carbonyl (C=O) groups is 2. The standard InChI is InChI=1S/C31H29FN4O4/c32-22-7-4-19(5-8-22)29(28-24-10-6-21(31(39)40)17-25(24)34-30(28)38)33-23-9-11-26-20(16-23)12-15-36(26)27(37)18-35-13-2-1-3-14-35/h4-11,16-17,34,38H,1-3,12-15,18H2,(H,39,40). The second-order valence-electron chi connectivity index (χ2n) is 10.3. The molecule has 2 aliphatic rings. The van der Waals surface area contributed by atoms with Crippen LogP contribution in [0.25, 0.3) is 10.9 Å². The van der Waals surface area contributed by atoms with Crippen molar-refractivity contribution in [2.75, 3.05) is 31.1 Å². The third-order valence-electron chi connectivity index (χ3n) is 7.69. The fourth-order valence-corrected chi connectivity index (χ4v) is 5.67. The van der Waals surface area contributed by atoms with Crippen molar-refractivity contribution in [1.29, 1.82) is 0 Å². The van der Waals surface area contributed by atoms with E-state index < -0.39 is 11.8 Å². The highest BCUT2D eigenvalue weighted by Crippen LogP contribution is 2.35.